The van der Waals surface area contributed by atoms with Gasteiger partial charge in [0.2, 0.25) is 11.8 Å². The smallest absolute Gasteiger partial charge is 0.311 e. The van der Waals surface area contributed by atoms with Gasteiger partial charge in [0.1, 0.15) is 0 Å². The van der Waals surface area contributed by atoms with Crippen molar-refractivity contribution in [3.63, 3.8) is 0 Å². The Morgan fingerprint density at radius 2 is 1.74 bits per heavy atom. The van der Waals surface area contributed by atoms with Gasteiger partial charge in [-0.2, -0.15) is 0 Å². The van der Waals surface area contributed by atoms with E-state index in [-0.39, 0.29) is 23.7 Å². The molecule has 2 fully saturated rings. The van der Waals surface area contributed by atoms with Crippen LogP contribution >= 0.6 is 0 Å². The molecule has 19 heavy (non-hydrogen) atoms. The SMILES string of the molecule is CC1C(=O)N(C2CCCCC2(C)C(=O)O)C(=O)C1C. The Morgan fingerprint density at radius 1 is 1.21 bits per heavy atom. The van der Waals surface area contributed by atoms with Crippen LogP contribution in [0.4, 0.5) is 0 Å². The van der Waals surface area contributed by atoms with Crippen LogP contribution in [0.3, 0.4) is 0 Å². The lowest BCUT2D eigenvalue weighted by atomic mass is 9.71. The van der Waals surface area contributed by atoms with Crippen LogP contribution in [0, 0.1) is 17.3 Å². The van der Waals surface area contributed by atoms with E-state index in [1.54, 1.807) is 20.8 Å². The highest BCUT2D eigenvalue weighted by atomic mass is 16.4. The third kappa shape index (κ3) is 1.95. The number of aliphatic carboxylic acids is 1. The van der Waals surface area contributed by atoms with Gasteiger partial charge in [-0.25, -0.2) is 0 Å². The summed E-state index contributed by atoms with van der Waals surface area (Å²) in [5.74, 6) is -2.02. The van der Waals surface area contributed by atoms with Crippen molar-refractivity contribution >= 4 is 17.8 Å². The molecule has 106 valence electrons. The van der Waals surface area contributed by atoms with E-state index in [1.165, 1.54) is 4.90 Å². The Morgan fingerprint density at radius 3 is 2.21 bits per heavy atom. The molecule has 5 heteroatoms. The fourth-order valence-corrected chi connectivity index (χ4v) is 3.26. The molecule has 0 aromatic carbocycles. The van der Waals surface area contributed by atoms with Crippen LogP contribution in [0.2, 0.25) is 0 Å². The van der Waals surface area contributed by atoms with Crippen LogP contribution in [-0.4, -0.2) is 33.8 Å². The first-order chi connectivity index (χ1) is 8.80. The van der Waals surface area contributed by atoms with E-state index < -0.39 is 17.4 Å². The zero-order chi connectivity index (χ0) is 14.4. The number of carboxylic acids is 1. The topological polar surface area (TPSA) is 74.7 Å². The van der Waals surface area contributed by atoms with E-state index in [2.05, 4.69) is 0 Å². The van der Waals surface area contributed by atoms with Crippen molar-refractivity contribution in [1.82, 2.24) is 4.90 Å². The molecule has 4 atom stereocenters. The van der Waals surface area contributed by atoms with Gasteiger partial charge in [-0.1, -0.05) is 26.7 Å². The van der Waals surface area contributed by atoms with Crippen molar-refractivity contribution in [2.24, 2.45) is 17.3 Å². The maximum atomic E-state index is 12.2. The maximum Gasteiger partial charge on any atom is 0.311 e. The van der Waals surface area contributed by atoms with Gasteiger partial charge in [-0.3, -0.25) is 19.3 Å². The number of amides is 2. The lowest BCUT2D eigenvalue weighted by molar-refractivity contribution is -0.160. The molecule has 0 aromatic rings. The van der Waals surface area contributed by atoms with Crippen molar-refractivity contribution in [3.8, 4) is 0 Å². The summed E-state index contributed by atoms with van der Waals surface area (Å²) in [5, 5.41) is 9.48. The number of hydrogen-bond donors (Lipinski definition) is 1. The van der Waals surface area contributed by atoms with E-state index in [1.807, 2.05) is 0 Å². The van der Waals surface area contributed by atoms with Gasteiger partial charge < -0.3 is 5.11 Å². The quantitative estimate of drug-likeness (QED) is 0.772. The number of carbonyl (C=O) groups excluding carboxylic acids is 2. The maximum absolute atomic E-state index is 12.2. The zero-order valence-corrected chi connectivity index (χ0v) is 11.7. The van der Waals surface area contributed by atoms with Gasteiger partial charge in [0.15, 0.2) is 0 Å². The van der Waals surface area contributed by atoms with Gasteiger partial charge in [0, 0.05) is 11.8 Å². The van der Waals surface area contributed by atoms with Crippen molar-refractivity contribution in [3.05, 3.63) is 0 Å². The van der Waals surface area contributed by atoms with Crippen molar-refractivity contribution in [1.29, 1.82) is 0 Å². The lowest BCUT2D eigenvalue weighted by Crippen LogP contribution is -2.54. The van der Waals surface area contributed by atoms with Crippen LogP contribution in [0.5, 0.6) is 0 Å². The summed E-state index contributed by atoms with van der Waals surface area (Å²) < 4.78 is 0. The monoisotopic (exact) mass is 267 g/mol. The average molecular weight is 267 g/mol. The highest BCUT2D eigenvalue weighted by Crippen LogP contribution is 2.42. The van der Waals surface area contributed by atoms with Gasteiger partial charge in [-0.05, 0) is 19.8 Å². The number of rotatable bonds is 2. The van der Waals surface area contributed by atoms with Crippen molar-refractivity contribution in [2.45, 2.75) is 52.5 Å². The first-order valence-electron chi connectivity index (χ1n) is 6.91. The highest BCUT2D eigenvalue weighted by Gasteiger charge is 2.54. The highest BCUT2D eigenvalue weighted by molar-refractivity contribution is 6.05. The summed E-state index contributed by atoms with van der Waals surface area (Å²) in [6, 6.07) is -0.494. The van der Waals surface area contributed by atoms with E-state index in [0.29, 0.717) is 12.8 Å². The molecule has 1 aliphatic heterocycles. The molecule has 5 nitrogen and oxygen atoms in total. The number of likely N-dealkylation sites (tertiary alicyclic amines) is 1. The predicted molar refractivity (Wildman–Crippen MR) is 68.2 cm³/mol. The average Bonchev–Trinajstić information content (AvgIpc) is 2.55. The summed E-state index contributed by atoms with van der Waals surface area (Å²) >= 11 is 0. The normalized spacial score (nSPS) is 39.7. The van der Waals surface area contributed by atoms with E-state index in [0.717, 1.165) is 12.8 Å². The van der Waals surface area contributed by atoms with Crippen molar-refractivity contribution < 1.29 is 19.5 Å². The van der Waals surface area contributed by atoms with Crippen LogP contribution < -0.4 is 0 Å². The molecule has 0 spiro atoms. The predicted octanol–water partition coefficient (Wildman–Crippen LogP) is 1.66. The molecule has 1 aliphatic carbocycles. The minimum absolute atomic E-state index is 0.211. The van der Waals surface area contributed by atoms with Gasteiger partial charge in [0.25, 0.3) is 0 Å². The molecule has 0 aromatic heterocycles. The summed E-state index contributed by atoms with van der Waals surface area (Å²) in [5.41, 5.74) is -1.01. The summed E-state index contributed by atoms with van der Waals surface area (Å²) in [4.78, 5) is 37.3. The number of carbonyl (C=O) groups is 3. The van der Waals surface area contributed by atoms with Crippen LogP contribution in [-0.2, 0) is 14.4 Å². The van der Waals surface area contributed by atoms with E-state index in [4.69, 9.17) is 0 Å². The standard InChI is InChI=1S/C14H21NO4/c1-8-9(2)12(17)15(11(8)16)10-6-4-5-7-14(10,3)13(18)19/h8-10H,4-7H2,1-3H3,(H,18,19). The fourth-order valence-electron chi connectivity index (χ4n) is 3.26. The Labute approximate surface area is 113 Å². The molecule has 0 bridgehead atoms. The molecule has 1 heterocycles. The molecule has 1 saturated carbocycles. The molecule has 4 unspecified atom stereocenters. The lowest BCUT2D eigenvalue weighted by Gasteiger charge is -2.42. The summed E-state index contributed by atoms with van der Waals surface area (Å²) in [7, 11) is 0. The molecule has 0 radical (unpaired) electrons. The van der Waals surface area contributed by atoms with Crippen LogP contribution in [0.25, 0.3) is 0 Å². The molecule has 2 amide bonds. The number of imide groups is 1. The minimum atomic E-state index is -1.01. The molecule has 2 rings (SSSR count). The molecular formula is C14H21NO4. The van der Waals surface area contributed by atoms with Gasteiger partial charge in [-0.15, -0.1) is 0 Å². The first-order valence-corrected chi connectivity index (χ1v) is 6.91. The van der Waals surface area contributed by atoms with E-state index in [9.17, 15) is 19.5 Å². The second-order valence-corrected chi connectivity index (χ2v) is 6.11. The molecule has 1 N–H and O–H groups in total. The van der Waals surface area contributed by atoms with Gasteiger partial charge >= 0.3 is 5.97 Å². The molecule has 2 aliphatic rings. The fraction of sp³-hybridized carbons (Fsp3) is 0.786. The number of nitrogens with zero attached hydrogens (tertiary/aromatic N) is 1. The number of carboxylic acid groups (broad SMARTS) is 1. The zero-order valence-electron chi connectivity index (χ0n) is 11.7. The largest absolute Gasteiger partial charge is 0.481 e. The Kier molecular flexibility index (Phi) is 3.41. The summed E-state index contributed by atoms with van der Waals surface area (Å²) in [6.07, 6.45) is 2.82. The molecule has 1 saturated heterocycles. The van der Waals surface area contributed by atoms with Crippen LogP contribution in [0.15, 0.2) is 0 Å². The Balaban J connectivity index is 2.36. The van der Waals surface area contributed by atoms with Crippen molar-refractivity contribution in [2.75, 3.05) is 0 Å². The second-order valence-electron chi connectivity index (χ2n) is 6.11. The second kappa shape index (κ2) is 4.62. The minimum Gasteiger partial charge on any atom is -0.481 e. The summed E-state index contributed by atoms with van der Waals surface area (Å²) in [6.45, 7) is 5.14. The van der Waals surface area contributed by atoms with Gasteiger partial charge in [0.05, 0.1) is 11.5 Å². The molecular weight excluding hydrogens is 246 g/mol. The third-order valence-corrected chi connectivity index (χ3v) is 4.96. The van der Waals surface area contributed by atoms with E-state index >= 15 is 0 Å². The number of hydrogen-bond acceptors (Lipinski definition) is 3. The van der Waals surface area contributed by atoms with Crippen LogP contribution in [0.1, 0.15) is 46.5 Å². The third-order valence-electron chi connectivity index (χ3n) is 4.96. The Hall–Kier alpha value is -1.39. The first kappa shape index (κ1) is 14.0. The Bertz CT molecular complexity index is 413.